The molecule has 0 aliphatic heterocycles. The molecule has 1 fully saturated rings. The Morgan fingerprint density at radius 2 is 2.00 bits per heavy atom. The normalized spacial score (nSPS) is 16.6. The summed E-state index contributed by atoms with van der Waals surface area (Å²) in [5.74, 6) is 0.697. The highest BCUT2D eigenvalue weighted by atomic mass is 79.9. The molecule has 0 radical (unpaired) electrons. The second-order valence-corrected chi connectivity index (χ2v) is 5.01. The van der Waals surface area contributed by atoms with Crippen LogP contribution in [0.5, 0.6) is 0 Å². The van der Waals surface area contributed by atoms with E-state index in [0.29, 0.717) is 5.92 Å². The molecule has 76 valence electrons. The van der Waals surface area contributed by atoms with Crippen molar-refractivity contribution >= 4 is 26.7 Å². The fourth-order valence-corrected chi connectivity index (χ4v) is 2.70. The predicted molar refractivity (Wildman–Crippen MR) is 66.0 cm³/mol. The Morgan fingerprint density at radius 3 is 2.73 bits per heavy atom. The zero-order chi connectivity index (χ0) is 10.3. The van der Waals surface area contributed by atoms with E-state index in [1.165, 1.54) is 40.2 Å². The molecule has 0 bridgehead atoms. The summed E-state index contributed by atoms with van der Waals surface area (Å²) < 4.78 is 1.17. The average molecular weight is 262 g/mol. The largest absolute Gasteiger partial charge is 0.260 e. The molecule has 1 aromatic carbocycles. The van der Waals surface area contributed by atoms with Crippen LogP contribution in [-0.4, -0.2) is 4.98 Å². The highest BCUT2D eigenvalue weighted by molar-refractivity contribution is 9.10. The summed E-state index contributed by atoms with van der Waals surface area (Å²) in [6.07, 6.45) is 5.90. The molecule has 1 aliphatic carbocycles. The molecular formula is C13H12BrN. The average Bonchev–Trinajstić information content (AvgIpc) is 2.17. The van der Waals surface area contributed by atoms with Crippen molar-refractivity contribution in [1.82, 2.24) is 4.98 Å². The van der Waals surface area contributed by atoms with Crippen molar-refractivity contribution in [2.24, 2.45) is 0 Å². The first-order valence-electron chi connectivity index (χ1n) is 5.39. The second kappa shape index (κ2) is 3.60. The lowest BCUT2D eigenvalue weighted by Gasteiger charge is -2.25. The molecule has 0 amide bonds. The summed E-state index contributed by atoms with van der Waals surface area (Å²) in [5, 5.41) is 2.60. The van der Waals surface area contributed by atoms with E-state index in [4.69, 9.17) is 0 Å². The Bertz CT molecular complexity index is 503. The van der Waals surface area contributed by atoms with Gasteiger partial charge in [-0.2, -0.15) is 0 Å². The molecule has 1 aromatic heterocycles. The van der Waals surface area contributed by atoms with E-state index in [1.54, 1.807) is 0 Å². The van der Waals surface area contributed by atoms with E-state index >= 15 is 0 Å². The summed E-state index contributed by atoms with van der Waals surface area (Å²) in [4.78, 5) is 4.55. The van der Waals surface area contributed by atoms with E-state index in [2.05, 4.69) is 45.2 Å². The first-order valence-corrected chi connectivity index (χ1v) is 6.18. The summed E-state index contributed by atoms with van der Waals surface area (Å²) in [6.45, 7) is 0. The number of hydrogen-bond acceptors (Lipinski definition) is 1. The van der Waals surface area contributed by atoms with Gasteiger partial charge in [-0.05, 0) is 30.4 Å². The monoisotopic (exact) mass is 261 g/mol. The van der Waals surface area contributed by atoms with E-state index in [1.807, 2.05) is 6.20 Å². The van der Waals surface area contributed by atoms with Crippen LogP contribution in [0.4, 0.5) is 0 Å². The van der Waals surface area contributed by atoms with Gasteiger partial charge in [0.25, 0.3) is 0 Å². The van der Waals surface area contributed by atoms with Gasteiger partial charge in [-0.25, -0.2) is 0 Å². The third-order valence-electron chi connectivity index (χ3n) is 3.28. The van der Waals surface area contributed by atoms with Crippen molar-refractivity contribution in [3.8, 4) is 0 Å². The van der Waals surface area contributed by atoms with Gasteiger partial charge >= 0.3 is 0 Å². The molecule has 1 saturated carbocycles. The maximum absolute atomic E-state index is 4.55. The molecule has 1 nitrogen and oxygen atoms in total. The molecular weight excluding hydrogens is 250 g/mol. The number of benzene rings is 1. The summed E-state index contributed by atoms with van der Waals surface area (Å²) >= 11 is 3.59. The van der Waals surface area contributed by atoms with E-state index in [-0.39, 0.29) is 0 Å². The molecule has 2 aromatic rings. The molecule has 0 N–H and O–H groups in total. The fourth-order valence-electron chi connectivity index (χ4n) is 2.20. The van der Waals surface area contributed by atoms with Gasteiger partial charge in [0.05, 0.1) is 5.69 Å². The first-order chi connectivity index (χ1) is 7.36. The minimum absolute atomic E-state index is 0.697. The van der Waals surface area contributed by atoms with Crippen molar-refractivity contribution < 1.29 is 0 Å². The van der Waals surface area contributed by atoms with Crippen molar-refractivity contribution in [1.29, 1.82) is 0 Å². The lowest BCUT2D eigenvalue weighted by atomic mass is 9.81. The number of rotatable bonds is 1. The van der Waals surface area contributed by atoms with Crippen molar-refractivity contribution in [2.45, 2.75) is 25.2 Å². The Hall–Kier alpha value is -0.890. The number of hydrogen-bond donors (Lipinski definition) is 0. The third-order valence-corrected chi connectivity index (χ3v) is 3.97. The topological polar surface area (TPSA) is 12.9 Å². The van der Waals surface area contributed by atoms with Gasteiger partial charge in [-0.1, -0.05) is 34.5 Å². The smallest absolute Gasteiger partial charge is 0.0513 e. The number of nitrogens with zero attached hydrogens (tertiary/aromatic N) is 1. The third kappa shape index (κ3) is 1.48. The number of pyridine rings is 1. The van der Waals surface area contributed by atoms with Crippen molar-refractivity contribution in [2.75, 3.05) is 0 Å². The Morgan fingerprint density at radius 1 is 1.13 bits per heavy atom. The van der Waals surface area contributed by atoms with Gasteiger partial charge in [-0.15, -0.1) is 0 Å². The van der Waals surface area contributed by atoms with Crippen LogP contribution in [0, 0.1) is 0 Å². The zero-order valence-corrected chi connectivity index (χ0v) is 10.00. The molecule has 1 heterocycles. The van der Waals surface area contributed by atoms with Gasteiger partial charge < -0.3 is 0 Å². The maximum Gasteiger partial charge on any atom is 0.0513 e. The Labute approximate surface area is 97.7 Å². The lowest BCUT2D eigenvalue weighted by Crippen LogP contribution is -2.10. The number of fused-ring (bicyclic) bond motifs is 1. The van der Waals surface area contributed by atoms with Crippen LogP contribution in [0.1, 0.15) is 30.9 Å². The molecule has 0 atom stereocenters. The minimum Gasteiger partial charge on any atom is -0.260 e. The molecule has 15 heavy (non-hydrogen) atoms. The van der Waals surface area contributed by atoms with Gasteiger partial charge in [0.1, 0.15) is 0 Å². The fraction of sp³-hybridized carbons (Fsp3) is 0.308. The zero-order valence-electron chi connectivity index (χ0n) is 8.41. The SMILES string of the molecule is Brc1cccc2c(C3CCC3)nccc12. The minimum atomic E-state index is 0.697. The molecule has 0 saturated heterocycles. The summed E-state index contributed by atoms with van der Waals surface area (Å²) in [5.41, 5.74) is 1.29. The molecule has 0 unspecified atom stereocenters. The van der Waals surface area contributed by atoms with Crippen LogP contribution in [-0.2, 0) is 0 Å². The quantitative estimate of drug-likeness (QED) is 0.748. The molecule has 0 spiro atoms. The molecule has 2 heteroatoms. The first kappa shape index (κ1) is 9.34. The van der Waals surface area contributed by atoms with Crippen molar-refractivity contribution in [3.63, 3.8) is 0 Å². The second-order valence-electron chi connectivity index (χ2n) is 4.16. The highest BCUT2D eigenvalue weighted by Crippen LogP contribution is 2.39. The highest BCUT2D eigenvalue weighted by Gasteiger charge is 2.22. The molecule has 3 rings (SSSR count). The number of halogens is 1. The standard InChI is InChI=1S/C13H12BrN/c14-12-6-2-5-11-10(12)7-8-15-13(11)9-3-1-4-9/h2,5-9H,1,3-4H2. The van der Waals surface area contributed by atoms with Crippen LogP contribution >= 0.6 is 15.9 Å². The van der Waals surface area contributed by atoms with Crippen LogP contribution in [0.3, 0.4) is 0 Å². The van der Waals surface area contributed by atoms with Crippen molar-refractivity contribution in [3.05, 3.63) is 40.6 Å². The number of aromatic nitrogens is 1. The van der Waals surface area contributed by atoms with Crippen LogP contribution in [0.15, 0.2) is 34.9 Å². The van der Waals surface area contributed by atoms with Crippen LogP contribution in [0.25, 0.3) is 10.8 Å². The van der Waals surface area contributed by atoms with E-state index in [0.717, 1.165) is 0 Å². The maximum atomic E-state index is 4.55. The van der Waals surface area contributed by atoms with Gasteiger partial charge in [0.2, 0.25) is 0 Å². The lowest BCUT2D eigenvalue weighted by molar-refractivity contribution is 0.414. The van der Waals surface area contributed by atoms with Crippen LogP contribution in [0.2, 0.25) is 0 Å². The van der Waals surface area contributed by atoms with E-state index in [9.17, 15) is 0 Å². The van der Waals surface area contributed by atoms with Gasteiger partial charge in [-0.3, -0.25) is 4.98 Å². The predicted octanol–water partition coefficient (Wildman–Crippen LogP) is 4.26. The summed E-state index contributed by atoms with van der Waals surface area (Å²) in [6, 6.07) is 8.45. The van der Waals surface area contributed by atoms with Gasteiger partial charge in [0, 0.05) is 22.0 Å². The van der Waals surface area contributed by atoms with Crippen LogP contribution < -0.4 is 0 Å². The van der Waals surface area contributed by atoms with E-state index < -0.39 is 0 Å². The Kier molecular flexibility index (Phi) is 2.24. The summed E-state index contributed by atoms with van der Waals surface area (Å²) in [7, 11) is 0. The van der Waals surface area contributed by atoms with Gasteiger partial charge in [0.15, 0.2) is 0 Å². The molecule has 1 aliphatic rings. The Balaban J connectivity index is 2.25.